The monoisotopic (exact) mass is 228 g/mol. The predicted molar refractivity (Wildman–Crippen MR) is 59.2 cm³/mol. The number of hydrogen-bond donors (Lipinski definition) is 2. The van der Waals surface area contributed by atoms with Gasteiger partial charge in [0.1, 0.15) is 0 Å². The van der Waals surface area contributed by atoms with Gasteiger partial charge in [-0.05, 0) is 30.1 Å². The number of carbonyl (C=O) groups is 2. The molecule has 1 fully saturated rings. The Morgan fingerprint density at radius 2 is 1.56 bits per heavy atom. The maximum atomic E-state index is 10.9. The third kappa shape index (κ3) is 3.51. The summed E-state index contributed by atoms with van der Waals surface area (Å²) < 4.78 is 0. The van der Waals surface area contributed by atoms with Crippen LogP contribution in [0.2, 0.25) is 0 Å². The van der Waals surface area contributed by atoms with Gasteiger partial charge in [-0.1, -0.05) is 20.3 Å². The Morgan fingerprint density at radius 1 is 1.06 bits per heavy atom. The first-order valence-electron chi connectivity index (χ1n) is 5.68. The Labute approximate surface area is 95.7 Å². The molecule has 0 heterocycles. The molecule has 1 aliphatic carbocycles. The minimum Gasteiger partial charge on any atom is -0.481 e. The van der Waals surface area contributed by atoms with Gasteiger partial charge in [-0.15, -0.1) is 0 Å². The number of rotatable bonds is 4. The average Bonchev–Trinajstić information content (AvgIpc) is 1.96. The van der Waals surface area contributed by atoms with Crippen molar-refractivity contribution in [2.45, 2.75) is 52.4 Å². The Morgan fingerprint density at radius 3 is 1.94 bits per heavy atom. The molecule has 0 radical (unpaired) electrons. The van der Waals surface area contributed by atoms with Crippen molar-refractivity contribution < 1.29 is 19.8 Å². The van der Waals surface area contributed by atoms with Crippen molar-refractivity contribution in [3.8, 4) is 0 Å². The van der Waals surface area contributed by atoms with Crippen LogP contribution in [0.15, 0.2) is 0 Å². The molecular weight excluding hydrogens is 208 g/mol. The van der Waals surface area contributed by atoms with Crippen molar-refractivity contribution >= 4 is 11.9 Å². The highest BCUT2D eigenvalue weighted by Gasteiger charge is 2.42. The fourth-order valence-corrected chi connectivity index (χ4v) is 3.14. The molecule has 0 aromatic rings. The smallest absolute Gasteiger partial charge is 0.303 e. The van der Waals surface area contributed by atoms with Gasteiger partial charge < -0.3 is 10.2 Å². The molecule has 92 valence electrons. The Hall–Kier alpha value is -1.06. The van der Waals surface area contributed by atoms with Crippen LogP contribution in [0.5, 0.6) is 0 Å². The quantitative estimate of drug-likeness (QED) is 0.775. The molecule has 0 bridgehead atoms. The minimum absolute atomic E-state index is 0.0251. The number of aliphatic carboxylic acids is 2. The average molecular weight is 228 g/mol. The summed E-state index contributed by atoms with van der Waals surface area (Å²) in [7, 11) is 0. The van der Waals surface area contributed by atoms with Crippen LogP contribution >= 0.6 is 0 Å². The molecule has 0 aromatic heterocycles. The lowest BCUT2D eigenvalue weighted by Gasteiger charge is -2.43. The van der Waals surface area contributed by atoms with Gasteiger partial charge in [-0.25, -0.2) is 0 Å². The molecule has 0 amide bonds. The van der Waals surface area contributed by atoms with Crippen LogP contribution in [-0.4, -0.2) is 22.2 Å². The lowest BCUT2D eigenvalue weighted by Crippen LogP contribution is -2.36. The second-order valence-corrected chi connectivity index (χ2v) is 5.84. The lowest BCUT2D eigenvalue weighted by molar-refractivity contribution is -0.146. The van der Waals surface area contributed by atoms with Crippen LogP contribution < -0.4 is 0 Å². The van der Waals surface area contributed by atoms with Crippen LogP contribution in [0, 0.1) is 10.8 Å². The van der Waals surface area contributed by atoms with Crippen LogP contribution in [0.3, 0.4) is 0 Å². The molecule has 2 N–H and O–H groups in total. The second kappa shape index (κ2) is 4.44. The van der Waals surface area contributed by atoms with E-state index in [2.05, 4.69) is 13.8 Å². The third-order valence-electron chi connectivity index (χ3n) is 3.47. The van der Waals surface area contributed by atoms with Gasteiger partial charge >= 0.3 is 11.9 Å². The third-order valence-corrected chi connectivity index (χ3v) is 3.47. The van der Waals surface area contributed by atoms with Gasteiger partial charge in [-0.2, -0.15) is 0 Å². The molecule has 16 heavy (non-hydrogen) atoms. The normalized spacial score (nSPS) is 22.6. The van der Waals surface area contributed by atoms with E-state index in [1.54, 1.807) is 0 Å². The standard InChI is InChI=1S/C12H20O4/c1-11(2)4-3-5-12(8-11,6-9(13)14)7-10(15)16/h3-8H2,1-2H3,(H,13,14)(H,15,16). The van der Waals surface area contributed by atoms with Gasteiger partial charge in [0, 0.05) is 0 Å². The molecule has 0 spiro atoms. The van der Waals surface area contributed by atoms with E-state index in [9.17, 15) is 9.59 Å². The highest BCUT2D eigenvalue weighted by molar-refractivity contribution is 5.72. The minimum atomic E-state index is -0.890. The summed E-state index contributed by atoms with van der Waals surface area (Å²) in [5.74, 6) is -1.78. The van der Waals surface area contributed by atoms with E-state index in [0.717, 1.165) is 19.3 Å². The van der Waals surface area contributed by atoms with Crippen molar-refractivity contribution in [1.29, 1.82) is 0 Å². The fraction of sp³-hybridized carbons (Fsp3) is 0.833. The fourth-order valence-electron chi connectivity index (χ4n) is 3.14. The molecule has 0 aliphatic heterocycles. The van der Waals surface area contributed by atoms with Crippen molar-refractivity contribution in [1.82, 2.24) is 0 Å². The highest BCUT2D eigenvalue weighted by Crippen LogP contribution is 2.50. The van der Waals surface area contributed by atoms with E-state index in [0.29, 0.717) is 6.42 Å². The largest absolute Gasteiger partial charge is 0.481 e. The summed E-state index contributed by atoms with van der Waals surface area (Å²) in [6.45, 7) is 4.18. The topological polar surface area (TPSA) is 74.6 Å². The Bertz CT molecular complexity index is 277. The molecule has 0 unspecified atom stereocenters. The van der Waals surface area contributed by atoms with E-state index < -0.39 is 17.4 Å². The van der Waals surface area contributed by atoms with Gasteiger partial charge in [0.05, 0.1) is 12.8 Å². The van der Waals surface area contributed by atoms with Gasteiger partial charge in [0.15, 0.2) is 0 Å². The number of carboxylic acids is 2. The molecule has 0 atom stereocenters. The predicted octanol–water partition coefficient (Wildman–Crippen LogP) is 2.52. The molecule has 1 rings (SSSR count). The molecule has 4 nitrogen and oxygen atoms in total. The first-order valence-corrected chi connectivity index (χ1v) is 5.68. The summed E-state index contributed by atoms with van der Waals surface area (Å²) in [6, 6.07) is 0. The van der Waals surface area contributed by atoms with Gasteiger partial charge in [-0.3, -0.25) is 9.59 Å². The van der Waals surface area contributed by atoms with Gasteiger partial charge in [0.25, 0.3) is 0 Å². The summed E-state index contributed by atoms with van der Waals surface area (Å²) in [5, 5.41) is 17.8. The van der Waals surface area contributed by atoms with Crippen LogP contribution in [0.4, 0.5) is 0 Å². The SMILES string of the molecule is CC1(C)CCCC(CC(=O)O)(CC(=O)O)C1. The molecule has 1 aliphatic rings. The highest BCUT2D eigenvalue weighted by atomic mass is 16.4. The van der Waals surface area contributed by atoms with Crippen molar-refractivity contribution in [2.24, 2.45) is 10.8 Å². The van der Waals surface area contributed by atoms with E-state index in [1.807, 2.05) is 0 Å². The van der Waals surface area contributed by atoms with E-state index in [-0.39, 0.29) is 18.3 Å². The van der Waals surface area contributed by atoms with Crippen molar-refractivity contribution in [3.05, 3.63) is 0 Å². The number of hydrogen-bond acceptors (Lipinski definition) is 2. The maximum absolute atomic E-state index is 10.9. The molecule has 0 aromatic carbocycles. The van der Waals surface area contributed by atoms with Crippen molar-refractivity contribution in [2.75, 3.05) is 0 Å². The van der Waals surface area contributed by atoms with Crippen LogP contribution in [0.1, 0.15) is 52.4 Å². The van der Waals surface area contributed by atoms with Gasteiger partial charge in [0.2, 0.25) is 0 Å². The summed E-state index contributed by atoms with van der Waals surface area (Å²) in [4.78, 5) is 21.7. The number of carboxylic acid groups (broad SMARTS) is 2. The maximum Gasteiger partial charge on any atom is 0.303 e. The Kier molecular flexibility index (Phi) is 3.61. The Balaban J connectivity index is 2.85. The lowest BCUT2D eigenvalue weighted by atomic mass is 9.61. The first-order chi connectivity index (χ1) is 7.25. The molecule has 4 heteroatoms. The van der Waals surface area contributed by atoms with Crippen molar-refractivity contribution in [3.63, 3.8) is 0 Å². The zero-order valence-electron chi connectivity index (χ0n) is 9.95. The van der Waals surface area contributed by atoms with E-state index in [1.165, 1.54) is 0 Å². The summed E-state index contributed by atoms with van der Waals surface area (Å²) >= 11 is 0. The molecule has 0 saturated heterocycles. The van der Waals surface area contributed by atoms with Crippen LogP contribution in [0.25, 0.3) is 0 Å². The van der Waals surface area contributed by atoms with Crippen LogP contribution in [-0.2, 0) is 9.59 Å². The molecular formula is C12H20O4. The van der Waals surface area contributed by atoms with E-state index >= 15 is 0 Å². The summed E-state index contributed by atoms with van der Waals surface area (Å²) in [6.07, 6.45) is 3.33. The molecule has 1 saturated carbocycles. The second-order valence-electron chi connectivity index (χ2n) is 5.84. The van der Waals surface area contributed by atoms with E-state index in [4.69, 9.17) is 10.2 Å². The first kappa shape index (κ1) is 13.0. The zero-order valence-corrected chi connectivity index (χ0v) is 9.95. The zero-order chi connectivity index (χ0) is 12.4. The summed E-state index contributed by atoms with van der Waals surface area (Å²) in [5.41, 5.74) is -0.484.